The summed E-state index contributed by atoms with van der Waals surface area (Å²) in [5, 5.41) is 3.59. The van der Waals surface area contributed by atoms with Crippen molar-refractivity contribution in [2.45, 2.75) is 18.9 Å². The Kier molecular flexibility index (Phi) is 5.04. The van der Waals surface area contributed by atoms with Crippen molar-refractivity contribution in [1.29, 1.82) is 0 Å². The summed E-state index contributed by atoms with van der Waals surface area (Å²) in [7, 11) is 1.66. The molecule has 1 atom stereocenters. The maximum Gasteiger partial charge on any atom is 0.149 e. The molecule has 0 fully saturated rings. The Labute approximate surface area is 181 Å². The molecule has 5 rings (SSSR count). The summed E-state index contributed by atoms with van der Waals surface area (Å²) in [4.78, 5) is 11.7. The van der Waals surface area contributed by atoms with Gasteiger partial charge in [0, 0.05) is 22.4 Å². The van der Waals surface area contributed by atoms with Crippen LogP contribution in [0.15, 0.2) is 89.7 Å². The predicted molar refractivity (Wildman–Crippen MR) is 123 cm³/mol. The highest BCUT2D eigenvalue weighted by atomic mass is 16.5. The summed E-state index contributed by atoms with van der Waals surface area (Å²) in [6.45, 7) is 0. The number of nitrogens with one attached hydrogen (secondary N) is 1. The van der Waals surface area contributed by atoms with E-state index in [4.69, 9.17) is 9.47 Å². The average Bonchev–Trinajstić information content (AvgIpc) is 2.83. The van der Waals surface area contributed by atoms with Crippen molar-refractivity contribution in [3.63, 3.8) is 0 Å². The van der Waals surface area contributed by atoms with Gasteiger partial charge in [-0.2, -0.15) is 0 Å². The van der Waals surface area contributed by atoms with E-state index in [0.29, 0.717) is 12.2 Å². The van der Waals surface area contributed by atoms with E-state index >= 15 is 0 Å². The van der Waals surface area contributed by atoms with Crippen molar-refractivity contribution in [2.75, 3.05) is 12.4 Å². The number of carbonyl (C=O) groups is 1. The summed E-state index contributed by atoms with van der Waals surface area (Å²) in [6, 6.07) is 24.4. The van der Waals surface area contributed by atoms with E-state index in [1.54, 1.807) is 7.11 Å². The van der Waals surface area contributed by atoms with Crippen LogP contribution in [0.2, 0.25) is 0 Å². The van der Waals surface area contributed by atoms with Gasteiger partial charge in [0.15, 0.2) is 0 Å². The maximum atomic E-state index is 11.7. The van der Waals surface area contributed by atoms with Gasteiger partial charge in [0.1, 0.15) is 23.5 Å². The third-order valence-corrected chi connectivity index (χ3v) is 5.85. The molecule has 1 N–H and O–H groups in total. The van der Waals surface area contributed by atoms with Crippen LogP contribution in [-0.2, 0) is 4.79 Å². The SMILES string of the molecule is COc1ccc(-c2ccc3c(c2)OC2=C(C=O)CCC(Nc4ccccc4)C2=C3)cc1. The fraction of sp³-hybridized carbons (Fsp3) is 0.148. The van der Waals surface area contributed by atoms with Crippen molar-refractivity contribution in [1.82, 2.24) is 0 Å². The predicted octanol–water partition coefficient (Wildman–Crippen LogP) is 5.87. The van der Waals surface area contributed by atoms with E-state index in [1.807, 2.05) is 48.5 Å². The van der Waals surface area contributed by atoms with Crippen LogP contribution in [0.5, 0.6) is 11.5 Å². The van der Waals surface area contributed by atoms with Gasteiger partial charge in [-0.3, -0.25) is 4.79 Å². The van der Waals surface area contributed by atoms with Crippen molar-refractivity contribution >= 4 is 18.0 Å². The maximum absolute atomic E-state index is 11.7. The lowest BCUT2D eigenvalue weighted by atomic mass is 9.86. The Bertz CT molecular complexity index is 1180. The molecule has 31 heavy (non-hydrogen) atoms. The molecule has 2 aliphatic rings. The highest BCUT2D eigenvalue weighted by Gasteiger charge is 2.31. The Morgan fingerprint density at radius 2 is 1.77 bits per heavy atom. The lowest BCUT2D eigenvalue weighted by molar-refractivity contribution is -0.105. The second kappa shape index (κ2) is 8.15. The van der Waals surface area contributed by atoms with Gasteiger partial charge in [0.05, 0.1) is 13.2 Å². The first-order valence-corrected chi connectivity index (χ1v) is 10.4. The minimum absolute atomic E-state index is 0.0931. The van der Waals surface area contributed by atoms with Gasteiger partial charge in [0.25, 0.3) is 0 Å². The molecule has 3 aromatic rings. The van der Waals surface area contributed by atoms with Gasteiger partial charge < -0.3 is 14.8 Å². The molecule has 0 aromatic heterocycles. The monoisotopic (exact) mass is 409 g/mol. The summed E-state index contributed by atoms with van der Waals surface area (Å²) in [6.07, 6.45) is 4.62. The van der Waals surface area contributed by atoms with Crippen LogP contribution < -0.4 is 14.8 Å². The summed E-state index contributed by atoms with van der Waals surface area (Å²) >= 11 is 0. The lowest BCUT2D eigenvalue weighted by Crippen LogP contribution is -2.30. The van der Waals surface area contributed by atoms with E-state index in [1.165, 1.54) is 0 Å². The van der Waals surface area contributed by atoms with Crippen molar-refractivity contribution in [2.24, 2.45) is 0 Å². The molecule has 0 spiro atoms. The first-order chi connectivity index (χ1) is 15.2. The Morgan fingerprint density at radius 1 is 1.00 bits per heavy atom. The molecule has 3 aromatic carbocycles. The zero-order valence-electron chi connectivity index (χ0n) is 17.3. The Balaban J connectivity index is 1.51. The number of rotatable bonds is 5. The lowest BCUT2D eigenvalue weighted by Gasteiger charge is -2.33. The highest BCUT2D eigenvalue weighted by molar-refractivity contribution is 5.82. The minimum atomic E-state index is 0.0931. The number of aldehydes is 1. The van der Waals surface area contributed by atoms with Crippen molar-refractivity contribution < 1.29 is 14.3 Å². The van der Waals surface area contributed by atoms with Crippen LogP contribution in [0, 0.1) is 0 Å². The molecular formula is C27H23NO3. The average molecular weight is 409 g/mol. The van der Waals surface area contributed by atoms with Crippen molar-refractivity contribution in [3.05, 3.63) is 95.3 Å². The van der Waals surface area contributed by atoms with Gasteiger partial charge in [0.2, 0.25) is 0 Å². The third-order valence-electron chi connectivity index (χ3n) is 5.85. The zero-order valence-corrected chi connectivity index (χ0v) is 17.3. The molecule has 1 heterocycles. The highest BCUT2D eigenvalue weighted by Crippen LogP contribution is 2.41. The van der Waals surface area contributed by atoms with E-state index in [2.05, 4.69) is 35.7 Å². The number of ether oxygens (including phenoxy) is 2. The van der Waals surface area contributed by atoms with Gasteiger partial charge in [-0.1, -0.05) is 42.5 Å². The third kappa shape index (κ3) is 3.73. The van der Waals surface area contributed by atoms with Gasteiger partial charge in [-0.15, -0.1) is 0 Å². The number of hydrogen-bond acceptors (Lipinski definition) is 4. The Morgan fingerprint density at radius 3 is 2.52 bits per heavy atom. The van der Waals surface area contributed by atoms with E-state index in [9.17, 15) is 4.79 Å². The normalized spacial score (nSPS) is 17.1. The fourth-order valence-corrected chi connectivity index (χ4v) is 4.18. The molecule has 0 saturated carbocycles. The molecule has 1 aliphatic heterocycles. The van der Waals surface area contributed by atoms with Crippen LogP contribution >= 0.6 is 0 Å². The summed E-state index contributed by atoms with van der Waals surface area (Å²) in [5.41, 5.74) is 5.96. The molecule has 0 bridgehead atoms. The van der Waals surface area contributed by atoms with Gasteiger partial charge in [-0.25, -0.2) is 0 Å². The number of para-hydroxylation sites is 1. The van der Waals surface area contributed by atoms with Gasteiger partial charge >= 0.3 is 0 Å². The molecular weight excluding hydrogens is 386 g/mol. The van der Waals surface area contributed by atoms with E-state index in [-0.39, 0.29) is 6.04 Å². The molecule has 0 amide bonds. The first-order valence-electron chi connectivity index (χ1n) is 10.4. The number of hydrogen-bond donors (Lipinski definition) is 1. The van der Waals surface area contributed by atoms with Crippen LogP contribution in [0.1, 0.15) is 18.4 Å². The fourth-order valence-electron chi connectivity index (χ4n) is 4.18. The largest absolute Gasteiger partial charge is 0.497 e. The number of anilines is 1. The standard InChI is InChI=1S/C27H23NO3/c1-30-23-12-9-18(10-13-23)19-7-8-20-15-24-25(28-22-5-3-2-4-6-22)14-11-21(17-29)27(24)31-26(20)16-19/h2-10,12-13,15-17,25,28H,11,14H2,1H3. The second-order valence-electron chi connectivity index (χ2n) is 7.76. The minimum Gasteiger partial charge on any atom is -0.497 e. The number of allylic oxidation sites excluding steroid dienone is 1. The Hall–Kier alpha value is -3.79. The number of benzene rings is 3. The smallest absolute Gasteiger partial charge is 0.149 e. The summed E-state index contributed by atoms with van der Waals surface area (Å²) in [5.74, 6) is 2.28. The quantitative estimate of drug-likeness (QED) is 0.536. The van der Waals surface area contributed by atoms with Crippen LogP contribution in [0.4, 0.5) is 5.69 Å². The molecule has 1 aliphatic carbocycles. The molecule has 0 radical (unpaired) electrons. The van der Waals surface area contributed by atoms with Crippen molar-refractivity contribution in [3.8, 4) is 22.6 Å². The molecule has 0 saturated heterocycles. The topological polar surface area (TPSA) is 47.6 Å². The molecule has 4 heteroatoms. The van der Waals surface area contributed by atoms with E-state index < -0.39 is 0 Å². The first kappa shape index (κ1) is 19.2. The van der Waals surface area contributed by atoms with E-state index in [0.717, 1.165) is 57.7 Å². The van der Waals surface area contributed by atoms with Crippen LogP contribution in [0.3, 0.4) is 0 Å². The van der Waals surface area contributed by atoms with Gasteiger partial charge in [-0.05, 0) is 60.4 Å². The molecule has 4 nitrogen and oxygen atoms in total. The van der Waals surface area contributed by atoms with Crippen LogP contribution in [-0.4, -0.2) is 19.4 Å². The number of fused-ring (bicyclic) bond motifs is 2. The summed E-state index contributed by atoms with van der Waals surface area (Å²) < 4.78 is 11.6. The number of methoxy groups -OCH3 is 1. The molecule has 154 valence electrons. The second-order valence-corrected chi connectivity index (χ2v) is 7.76. The molecule has 1 unspecified atom stereocenters. The number of carbonyl (C=O) groups excluding carboxylic acids is 1. The van der Waals surface area contributed by atoms with Crippen LogP contribution in [0.25, 0.3) is 17.2 Å². The zero-order chi connectivity index (χ0) is 21.2.